The minimum atomic E-state index is -1.27. The third-order valence-corrected chi connectivity index (χ3v) is 3.24. The van der Waals surface area contributed by atoms with Crippen molar-refractivity contribution in [3.63, 3.8) is 0 Å². The number of aliphatic hydroxyl groups excluding tert-OH is 1. The van der Waals surface area contributed by atoms with E-state index in [0.29, 0.717) is 27.9 Å². The van der Waals surface area contributed by atoms with E-state index in [4.69, 9.17) is 16.2 Å². The third kappa shape index (κ3) is 7.98. The quantitative estimate of drug-likeness (QED) is 0.331. The van der Waals surface area contributed by atoms with Crippen LogP contribution in [0.3, 0.4) is 0 Å². The Labute approximate surface area is 160 Å². The van der Waals surface area contributed by atoms with Crippen LogP contribution in [0.4, 0.5) is 27.2 Å². The van der Waals surface area contributed by atoms with Gasteiger partial charge in [0.2, 0.25) is 0 Å². The van der Waals surface area contributed by atoms with Gasteiger partial charge in [0.05, 0.1) is 18.0 Å². The molecule has 0 bridgehead atoms. The average Bonchev–Trinajstić information content (AvgIpc) is 2.64. The summed E-state index contributed by atoms with van der Waals surface area (Å²) in [7, 11) is 1.70. The number of para-hydroxylation sites is 2. The van der Waals surface area contributed by atoms with Crippen molar-refractivity contribution in [2.45, 2.75) is 33.2 Å². The summed E-state index contributed by atoms with van der Waals surface area (Å²) in [5, 5.41) is 13.1. The number of rotatable bonds is 7. The fourth-order valence-electron chi connectivity index (χ4n) is 2.17. The first-order chi connectivity index (χ1) is 12.9. The van der Waals surface area contributed by atoms with Crippen molar-refractivity contribution >= 4 is 22.7 Å². The van der Waals surface area contributed by atoms with Crippen molar-refractivity contribution in [2.24, 2.45) is 0 Å². The second-order valence-electron chi connectivity index (χ2n) is 5.84. The highest BCUT2D eigenvalue weighted by Crippen LogP contribution is 2.25. The van der Waals surface area contributed by atoms with Gasteiger partial charge in [-0.25, -0.2) is 0 Å². The summed E-state index contributed by atoms with van der Waals surface area (Å²) in [6, 6.07) is 11.9. The van der Waals surface area contributed by atoms with Crippen LogP contribution in [0.15, 0.2) is 54.7 Å². The molecule has 1 atom stereocenters. The summed E-state index contributed by atoms with van der Waals surface area (Å²) in [6.07, 6.45) is 2.27. The second kappa shape index (κ2) is 11.8. The van der Waals surface area contributed by atoms with E-state index in [1.807, 2.05) is 0 Å². The monoisotopic (exact) mass is 376 g/mol. The maximum Gasteiger partial charge on any atom is 0.176 e. The van der Waals surface area contributed by atoms with Gasteiger partial charge in [0, 0.05) is 24.6 Å². The van der Waals surface area contributed by atoms with Crippen LogP contribution in [0.25, 0.3) is 0 Å². The van der Waals surface area contributed by atoms with E-state index in [1.165, 1.54) is 12.5 Å². The zero-order valence-electron chi connectivity index (χ0n) is 16.0. The molecule has 0 fully saturated rings. The SMILES string of the molecule is CCC.CNc1ccccc1N(F)/C=C\C(O)OCc1cc(N)cc(N)c1. The van der Waals surface area contributed by atoms with Crippen LogP contribution in [0.5, 0.6) is 0 Å². The van der Waals surface area contributed by atoms with Gasteiger partial charge in [-0.3, -0.25) is 0 Å². The summed E-state index contributed by atoms with van der Waals surface area (Å²) < 4.78 is 19.3. The van der Waals surface area contributed by atoms with Gasteiger partial charge in [-0.05, 0) is 42.0 Å². The summed E-state index contributed by atoms with van der Waals surface area (Å²) >= 11 is 0. The lowest BCUT2D eigenvalue weighted by Crippen LogP contribution is -2.11. The summed E-state index contributed by atoms with van der Waals surface area (Å²) in [6.45, 7) is 4.35. The number of nitrogens with two attached hydrogens (primary N) is 2. The summed E-state index contributed by atoms with van der Waals surface area (Å²) in [5.41, 5.74) is 14.1. The molecule has 6 nitrogen and oxygen atoms in total. The Hall–Kier alpha value is -2.77. The van der Waals surface area contributed by atoms with Gasteiger partial charge in [-0.1, -0.05) is 36.9 Å². The van der Waals surface area contributed by atoms with E-state index in [9.17, 15) is 9.59 Å². The van der Waals surface area contributed by atoms with Crippen LogP contribution in [-0.4, -0.2) is 18.4 Å². The lowest BCUT2D eigenvalue weighted by Gasteiger charge is -2.14. The zero-order valence-corrected chi connectivity index (χ0v) is 16.0. The number of nitrogen functional groups attached to an aromatic ring is 2. The molecule has 148 valence electrons. The van der Waals surface area contributed by atoms with Crippen molar-refractivity contribution in [3.8, 4) is 0 Å². The molecular weight excluding hydrogens is 347 g/mol. The van der Waals surface area contributed by atoms with Crippen molar-refractivity contribution < 1.29 is 14.3 Å². The molecule has 0 saturated carbocycles. The van der Waals surface area contributed by atoms with Gasteiger partial charge in [0.15, 0.2) is 6.29 Å². The fourth-order valence-corrected chi connectivity index (χ4v) is 2.17. The highest BCUT2D eigenvalue weighted by Gasteiger charge is 2.08. The molecule has 0 aliphatic carbocycles. The number of ether oxygens (including phenoxy) is 1. The average molecular weight is 376 g/mol. The number of hydrogen-bond acceptors (Lipinski definition) is 6. The molecule has 0 spiro atoms. The molecule has 27 heavy (non-hydrogen) atoms. The van der Waals surface area contributed by atoms with Crippen LogP contribution < -0.4 is 21.9 Å². The smallest absolute Gasteiger partial charge is 0.176 e. The maximum absolute atomic E-state index is 14.1. The van der Waals surface area contributed by atoms with Gasteiger partial charge in [-0.2, -0.15) is 5.12 Å². The number of anilines is 4. The van der Waals surface area contributed by atoms with E-state index >= 15 is 0 Å². The number of nitrogens with one attached hydrogen (secondary N) is 1. The fraction of sp³-hybridized carbons (Fsp3) is 0.300. The molecule has 0 amide bonds. The maximum atomic E-state index is 14.1. The number of halogens is 1. The predicted octanol–water partition coefficient (Wildman–Crippen LogP) is 4.05. The molecule has 2 aromatic rings. The minimum absolute atomic E-state index is 0.0974. The first kappa shape index (κ1) is 22.3. The standard InChI is InChI=1S/C17H21FN4O2.C3H8/c1-21-15-4-2-3-5-16(15)22(18)7-6-17(23)24-11-12-8-13(19)10-14(20)9-12;1-3-2/h2-10,17,21,23H,11,19-20H2,1H3;3H2,1-2H3/b7-6-;. The van der Waals surface area contributed by atoms with E-state index in [2.05, 4.69) is 19.2 Å². The zero-order chi connectivity index (χ0) is 20.2. The van der Waals surface area contributed by atoms with E-state index < -0.39 is 6.29 Å². The third-order valence-electron chi connectivity index (χ3n) is 3.24. The summed E-state index contributed by atoms with van der Waals surface area (Å²) in [5.74, 6) is 0. The van der Waals surface area contributed by atoms with Gasteiger partial charge >= 0.3 is 0 Å². The van der Waals surface area contributed by atoms with Gasteiger partial charge in [0.25, 0.3) is 0 Å². The molecule has 2 rings (SSSR count). The van der Waals surface area contributed by atoms with Crippen LogP contribution in [-0.2, 0) is 11.3 Å². The highest BCUT2D eigenvalue weighted by molar-refractivity contribution is 5.69. The molecule has 0 saturated heterocycles. The van der Waals surface area contributed by atoms with Gasteiger partial charge in [-0.15, -0.1) is 0 Å². The molecule has 1 unspecified atom stereocenters. The lowest BCUT2D eigenvalue weighted by molar-refractivity contribution is -0.0735. The molecular formula is C20H29FN4O2. The molecule has 6 N–H and O–H groups in total. The summed E-state index contributed by atoms with van der Waals surface area (Å²) in [4.78, 5) is 0. The molecule has 0 heterocycles. The molecule has 0 aliphatic rings. The molecule has 0 radical (unpaired) electrons. The highest BCUT2D eigenvalue weighted by atomic mass is 19.2. The van der Waals surface area contributed by atoms with Gasteiger partial charge in [0.1, 0.15) is 0 Å². The predicted molar refractivity (Wildman–Crippen MR) is 111 cm³/mol. The number of nitrogens with zero attached hydrogens (tertiary/aromatic N) is 1. The molecule has 0 aliphatic heterocycles. The number of aliphatic hydroxyl groups is 1. The molecule has 2 aromatic carbocycles. The number of benzene rings is 2. The first-order valence-corrected chi connectivity index (χ1v) is 8.75. The first-order valence-electron chi connectivity index (χ1n) is 8.75. The van der Waals surface area contributed by atoms with Crippen LogP contribution in [0, 0.1) is 0 Å². The topological polar surface area (TPSA) is 96.8 Å². The Morgan fingerprint density at radius 2 is 1.78 bits per heavy atom. The van der Waals surface area contributed by atoms with Crippen LogP contribution in [0.1, 0.15) is 25.8 Å². The molecule has 0 aromatic heterocycles. The van der Waals surface area contributed by atoms with Crippen molar-refractivity contribution in [2.75, 3.05) is 29.0 Å². The van der Waals surface area contributed by atoms with Crippen LogP contribution >= 0.6 is 0 Å². The lowest BCUT2D eigenvalue weighted by atomic mass is 10.2. The van der Waals surface area contributed by atoms with Crippen molar-refractivity contribution in [1.82, 2.24) is 0 Å². The Morgan fingerprint density at radius 3 is 2.37 bits per heavy atom. The molecule has 7 heteroatoms. The normalized spacial score (nSPS) is 11.6. The Kier molecular flexibility index (Phi) is 9.71. The largest absolute Gasteiger partial charge is 0.399 e. The van der Waals surface area contributed by atoms with Crippen LogP contribution in [0.2, 0.25) is 0 Å². The minimum Gasteiger partial charge on any atom is -0.399 e. The number of hydrogen-bond donors (Lipinski definition) is 4. The Balaban J connectivity index is 0.00000114. The van der Waals surface area contributed by atoms with E-state index in [-0.39, 0.29) is 6.61 Å². The van der Waals surface area contributed by atoms with Gasteiger partial charge < -0.3 is 26.6 Å². The Morgan fingerprint density at radius 1 is 1.19 bits per heavy atom. The Bertz CT molecular complexity index is 705. The van der Waals surface area contributed by atoms with E-state index in [1.54, 1.807) is 49.5 Å². The second-order valence-corrected chi connectivity index (χ2v) is 5.84. The van der Waals surface area contributed by atoms with E-state index in [0.717, 1.165) is 11.8 Å². The van der Waals surface area contributed by atoms with Crippen molar-refractivity contribution in [1.29, 1.82) is 0 Å². The van der Waals surface area contributed by atoms with Crippen molar-refractivity contribution in [3.05, 3.63) is 60.3 Å².